The summed E-state index contributed by atoms with van der Waals surface area (Å²) in [5.74, 6) is 0.435. The number of methoxy groups -OCH3 is 1. The first-order chi connectivity index (χ1) is 12.1. The Hall–Kier alpha value is -3.35. The van der Waals surface area contributed by atoms with Crippen molar-refractivity contribution in [3.8, 4) is 5.75 Å². The molecule has 0 unspecified atom stereocenters. The molecule has 128 valence electrons. The van der Waals surface area contributed by atoms with E-state index in [1.807, 2.05) is 0 Å². The van der Waals surface area contributed by atoms with E-state index in [2.05, 4.69) is 10.4 Å². The van der Waals surface area contributed by atoms with Crippen LogP contribution in [0.4, 0.5) is 5.69 Å². The molecule has 3 aromatic rings. The van der Waals surface area contributed by atoms with Crippen LogP contribution in [-0.2, 0) is 11.3 Å². The number of carbonyl (C=O) groups excluding carboxylic acids is 1. The van der Waals surface area contributed by atoms with Gasteiger partial charge in [0.15, 0.2) is 0 Å². The van der Waals surface area contributed by atoms with Crippen LogP contribution in [-0.4, -0.2) is 22.8 Å². The molecule has 7 heteroatoms. The van der Waals surface area contributed by atoms with Gasteiger partial charge in [0.1, 0.15) is 5.75 Å². The summed E-state index contributed by atoms with van der Waals surface area (Å²) in [7, 11) is 1.57. The third-order valence-corrected chi connectivity index (χ3v) is 3.82. The van der Waals surface area contributed by atoms with Crippen LogP contribution in [0.2, 0.25) is 0 Å². The smallest absolute Gasteiger partial charge is 0.273 e. The number of H-pyrrole nitrogens is 1. The van der Waals surface area contributed by atoms with Crippen LogP contribution in [0.3, 0.4) is 0 Å². The van der Waals surface area contributed by atoms with Crippen molar-refractivity contribution in [1.29, 1.82) is 0 Å². The maximum atomic E-state index is 12.4. The summed E-state index contributed by atoms with van der Waals surface area (Å²) >= 11 is 0. The predicted octanol–water partition coefficient (Wildman–Crippen LogP) is 1.73. The second-order valence-electron chi connectivity index (χ2n) is 5.47. The van der Waals surface area contributed by atoms with Crippen LogP contribution >= 0.6 is 0 Å². The van der Waals surface area contributed by atoms with Gasteiger partial charge in [0.25, 0.3) is 11.1 Å². The third-order valence-electron chi connectivity index (χ3n) is 3.82. The van der Waals surface area contributed by atoms with Gasteiger partial charge in [-0.2, -0.15) is 0 Å². The van der Waals surface area contributed by atoms with Gasteiger partial charge >= 0.3 is 0 Å². The topological polar surface area (TPSA) is 93.2 Å². The van der Waals surface area contributed by atoms with Crippen LogP contribution < -0.4 is 21.2 Å². The molecule has 0 radical (unpaired) electrons. The summed E-state index contributed by atoms with van der Waals surface area (Å²) in [4.78, 5) is 36.4. The standard InChI is InChI=1S/C18H17N3O4/c1-25-13-8-6-12(7-9-13)19-16(22)10-11-21-18(24)15-5-3-2-4-14(15)17(23)20-21/h2-9H,10-11H2,1H3,(H,19,22)(H,20,23). The minimum Gasteiger partial charge on any atom is -0.497 e. The fraction of sp³-hybridized carbons (Fsp3) is 0.167. The lowest BCUT2D eigenvalue weighted by Gasteiger charge is -2.08. The van der Waals surface area contributed by atoms with Crippen molar-refractivity contribution in [1.82, 2.24) is 9.78 Å². The van der Waals surface area contributed by atoms with E-state index >= 15 is 0 Å². The molecule has 1 aromatic heterocycles. The number of benzene rings is 2. The quantitative estimate of drug-likeness (QED) is 0.740. The van der Waals surface area contributed by atoms with Crippen molar-refractivity contribution in [2.24, 2.45) is 0 Å². The second kappa shape index (κ2) is 7.04. The third kappa shape index (κ3) is 3.60. The van der Waals surface area contributed by atoms with E-state index in [0.29, 0.717) is 22.2 Å². The molecule has 0 saturated heterocycles. The molecular weight excluding hydrogens is 322 g/mol. The number of nitrogens with one attached hydrogen (secondary N) is 2. The number of fused-ring (bicyclic) bond motifs is 1. The Kier molecular flexibility index (Phi) is 4.65. The first-order valence-corrected chi connectivity index (χ1v) is 7.74. The highest BCUT2D eigenvalue weighted by Gasteiger charge is 2.09. The molecule has 1 heterocycles. The van der Waals surface area contributed by atoms with Crippen LogP contribution in [0.5, 0.6) is 5.75 Å². The van der Waals surface area contributed by atoms with Gasteiger partial charge in [-0.25, -0.2) is 4.68 Å². The molecule has 1 amide bonds. The van der Waals surface area contributed by atoms with E-state index in [4.69, 9.17) is 4.74 Å². The average Bonchev–Trinajstić information content (AvgIpc) is 2.64. The number of aryl methyl sites for hydroxylation is 1. The molecule has 0 bridgehead atoms. The molecule has 25 heavy (non-hydrogen) atoms. The maximum Gasteiger partial charge on any atom is 0.273 e. The van der Waals surface area contributed by atoms with Crippen molar-refractivity contribution in [2.45, 2.75) is 13.0 Å². The van der Waals surface area contributed by atoms with E-state index in [1.165, 1.54) is 0 Å². The average molecular weight is 339 g/mol. The first kappa shape index (κ1) is 16.5. The van der Waals surface area contributed by atoms with E-state index in [0.717, 1.165) is 4.68 Å². The second-order valence-corrected chi connectivity index (χ2v) is 5.47. The Morgan fingerprint density at radius 3 is 2.44 bits per heavy atom. The zero-order valence-corrected chi connectivity index (χ0v) is 13.6. The van der Waals surface area contributed by atoms with Gasteiger partial charge in [-0.3, -0.25) is 19.5 Å². The molecule has 0 aliphatic heterocycles. The molecule has 0 aliphatic carbocycles. The zero-order chi connectivity index (χ0) is 17.8. The molecule has 3 rings (SSSR count). The normalized spacial score (nSPS) is 10.6. The summed E-state index contributed by atoms with van der Waals surface area (Å²) in [6.45, 7) is 0.0842. The lowest BCUT2D eigenvalue weighted by molar-refractivity contribution is -0.116. The number of hydrogen-bond acceptors (Lipinski definition) is 4. The van der Waals surface area contributed by atoms with Gasteiger partial charge in [0.05, 0.1) is 24.4 Å². The predicted molar refractivity (Wildman–Crippen MR) is 95.1 cm³/mol. The highest BCUT2D eigenvalue weighted by molar-refractivity contribution is 5.90. The van der Waals surface area contributed by atoms with Gasteiger partial charge in [0.2, 0.25) is 5.91 Å². The number of hydrogen-bond donors (Lipinski definition) is 2. The van der Waals surface area contributed by atoms with Crippen molar-refractivity contribution in [2.75, 3.05) is 12.4 Å². The van der Waals surface area contributed by atoms with Crippen molar-refractivity contribution in [3.05, 3.63) is 69.2 Å². The molecule has 0 aliphatic rings. The monoisotopic (exact) mass is 339 g/mol. The fourth-order valence-corrected chi connectivity index (χ4v) is 2.52. The number of rotatable bonds is 5. The zero-order valence-electron chi connectivity index (χ0n) is 13.6. The van der Waals surface area contributed by atoms with Gasteiger partial charge < -0.3 is 10.1 Å². The van der Waals surface area contributed by atoms with Gasteiger partial charge in [-0.15, -0.1) is 0 Å². The Morgan fingerprint density at radius 2 is 1.76 bits per heavy atom. The van der Waals surface area contributed by atoms with Crippen LogP contribution in [0.15, 0.2) is 58.1 Å². The highest BCUT2D eigenvalue weighted by atomic mass is 16.5. The highest BCUT2D eigenvalue weighted by Crippen LogP contribution is 2.15. The SMILES string of the molecule is COc1ccc(NC(=O)CCn2[nH]c(=O)c3ccccc3c2=O)cc1. The summed E-state index contributed by atoms with van der Waals surface area (Å²) in [5, 5.41) is 5.91. The lowest BCUT2D eigenvalue weighted by atomic mass is 10.2. The summed E-state index contributed by atoms with van der Waals surface area (Å²) in [5.41, 5.74) is -0.0524. The van der Waals surface area contributed by atoms with Gasteiger partial charge in [-0.1, -0.05) is 12.1 Å². The molecular formula is C18H17N3O4. The molecule has 0 atom stereocenters. The number of aromatic nitrogens is 2. The van der Waals surface area contributed by atoms with Gasteiger partial charge in [0, 0.05) is 12.1 Å². The van der Waals surface area contributed by atoms with Crippen LogP contribution in [0.25, 0.3) is 10.8 Å². The molecule has 0 saturated carbocycles. The minimum atomic E-state index is -0.356. The molecule has 0 fully saturated rings. The van der Waals surface area contributed by atoms with Crippen LogP contribution in [0, 0.1) is 0 Å². The Bertz CT molecular complexity index is 1020. The van der Waals surface area contributed by atoms with Gasteiger partial charge in [-0.05, 0) is 36.4 Å². The maximum absolute atomic E-state index is 12.4. The Labute approximate surface area is 142 Å². The first-order valence-electron chi connectivity index (χ1n) is 7.74. The molecule has 0 spiro atoms. The Morgan fingerprint density at radius 1 is 1.08 bits per heavy atom. The molecule has 2 aromatic carbocycles. The number of ether oxygens (including phenoxy) is 1. The number of carbonyl (C=O) groups is 1. The van der Waals surface area contributed by atoms with Crippen molar-refractivity contribution in [3.63, 3.8) is 0 Å². The summed E-state index contributed by atoms with van der Waals surface area (Å²) < 4.78 is 6.22. The van der Waals surface area contributed by atoms with Crippen LogP contribution in [0.1, 0.15) is 6.42 Å². The Balaban J connectivity index is 1.71. The number of aromatic amines is 1. The molecule has 7 nitrogen and oxygen atoms in total. The summed E-state index contributed by atoms with van der Waals surface area (Å²) in [6, 6.07) is 13.5. The summed E-state index contributed by atoms with van der Waals surface area (Å²) in [6.07, 6.45) is 0.0558. The lowest BCUT2D eigenvalue weighted by Crippen LogP contribution is -2.31. The largest absolute Gasteiger partial charge is 0.497 e. The van der Waals surface area contributed by atoms with E-state index in [1.54, 1.807) is 55.6 Å². The fourth-order valence-electron chi connectivity index (χ4n) is 2.52. The van der Waals surface area contributed by atoms with Crippen molar-refractivity contribution >= 4 is 22.4 Å². The minimum absolute atomic E-state index is 0.0558. The van der Waals surface area contributed by atoms with E-state index in [-0.39, 0.29) is 30.0 Å². The number of nitrogens with zero attached hydrogens (tertiary/aromatic N) is 1. The molecule has 2 N–H and O–H groups in total. The number of amides is 1. The van der Waals surface area contributed by atoms with E-state index < -0.39 is 0 Å². The number of anilines is 1. The van der Waals surface area contributed by atoms with E-state index in [9.17, 15) is 14.4 Å². The van der Waals surface area contributed by atoms with Crippen molar-refractivity contribution < 1.29 is 9.53 Å².